The first-order valence-corrected chi connectivity index (χ1v) is 7.10. The molecule has 0 aromatic heterocycles. The molecule has 0 radical (unpaired) electrons. The van der Waals surface area contributed by atoms with Crippen molar-refractivity contribution in [1.82, 2.24) is 5.32 Å². The molecule has 5 nitrogen and oxygen atoms in total. The van der Waals surface area contributed by atoms with E-state index in [4.69, 9.17) is 0 Å². The molecule has 0 atom stereocenters. The minimum absolute atomic E-state index is 0.00151. The summed E-state index contributed by atoms with van der Waals surface area (Å²) in [6.45, 7) is 10.2. The topological polar surface area (TPSA) is 70.2 Å². The van der Waals surface area contributed by atoms with Crippen LogP contribution in [-0.4, -0.2) is 23.9 Å². The Labute approximate surface area is 126 Å². The lowest BCUT2D eigenvalue weighted by molar-refractivity contribution is -0.116. The fourth-order valence-electron chi connectivity index (χ4n) is 1.80. The third-order valence-electron chi connectivity index (χ3n) is 2.84. The van der Waals surface area contributed by atoms with Gasteiger partial charge >= 0.3 is 0 Å². The number of hydrogen-bond acceptors (Lipinski definition) is 3. The van der Waals surface area contributed by atoms with Crippen molar-refractivity contribution in [3.8, 4) is 0 Å². The minimum atomic E-state index is -0.134. The van der Waals surface area contributed by atoms with E-state index in [1.54, 1.807) is 6.07 Å². The number of amides is 2. The van der Waals surface area contributed by atoms with Crippen molar-refractivity contribution in [1.29, 1.82) is 0 Å². The Balaban J connectivity index is 2.60. The molecular weight excluding hydrogens is 266 g/mol. The lowest BCUT2D eigenvalue weighted by Gasteiger charge is -2.20. The lowest BCUT2D eigenvalue weighted by Crippen LogP contribution is -2.37. The fraction of sp³-hybridized carbons (Fsp3) is 0.500. The Kier molecular flexibility index (Phi) is 5.90. The molecular formula is C16H25N3O2. The largest absolute Gasteiger partial charge is 0.326 e. The zero-order chi connectivity index (χ0) is 16.0. The second kappa shape index (κ2) is 7.22. The number of rotatable bonds is 5. The Morgan fingerprint density at radius 3 is 2.38 bits per heavy atom. The fourth-order valence-corrected chi connectivity index (χ4v) is 1.80. The van der Waals surface area contributed by atoms with E-state index < -0.39 is 0 Å². The van der Waals surface area contributed by atoms with E-state index in [0.717, 1.165) is 11.3 Å². The van der Waals surface area contributed by atoms with Crippen LogP contribution in [0.5, 0.6) is 0 Å². The van der Waals surface area contributed by atoms with Crippen LogP contribution in [0.15, 0.2) is 18.2 Å². The third-order valence-corrected chi connectivity index (χ3v) is 2.84. The smallest absolute Gasteiger partial charge is 0.225 e. The van der Waals surface area contributed by atoms with Crippen LogP contribution in [-0.2, 0) is 9.59 Å². The van der Waals surface area contributed by atoms with Gasteiger partial charge in [-0.25, -0.2) is 0 Å². The molecule has 0 aliphatic carbocycles. The van der Waals surface area contributed by atoms with Crippen molar-refractivity contribution >= 4 is 23.2 Å². The molecule has 0 fully saturated rings. The van der Waals surface area contributed by atoms with Crippen molar-refractivity contribution in [2.45, 2.75) is 46.6 Å². The first kappa shape index (κ1) is 17.2. The summed E-state index contributed by atoms with van der Waals surface area (Å²) in [7, 11) is 0. The summed E-state index contributed by atoms with van der Waals surface area (Å²) in [6.07, 6.45) is 0.404. The number of aryl methyl sites for hydroxylation is 1. The van der Waals surface area contributed by atoms with Gasteiger partial charge in [-0.1, -0.05) is 6.07 Å². The average molecular weight is 291 g/mol. The van der Waals surface area contributed by atoms with Gasteiger partial charge in [0.2, 0.25) is 11.8 Å². The van der Waals surface area contributed by atoms with E-state index in [1.165, 1.54) is 6.92 Å². The van der Waals surface area contributed by atoms with Gasteiger partial charge < -0.3 is 16.0 Å². The number of nitrogens with one attached hydrogen (secondary N) is 3. The van der Waals surface area contributed by atoms with Crippen LogP contribution in [0, 0.1) is 6.92 Å². The highest BCUT2D eigenvalue weighted by Gasteiger charge is 2.10. The molecule has 1 aromatic rings. The molecule has 1 rings (SSSR count). The molecule has 0 spiro atoms. The minimum Gasteiger partial charge on any atom is -0.326 e. The first-order chi connectivity index (χ1) is 9.67. The summed E-state index contributed by atoms with van der Waals surface area (Å²) < 4.78 is 0. The van der Waals surface area contributed by atoms with Gasteiger partial charge in [-0.05, 0) is 45.4 Å². The normalized spacial score (nSPS) is 11.1. The summed E-state index contributed by atoms with van der Waals surface area (Å²) in [4.78, 5) is 23.0. The highest BCUT2D eigenvalue weighted by atomic mass is 16.2. The zero-order valence-electron chi connectivity index (χ0n) is 13.5. The Bertz CT molecular complexity index is 519. The van der Waals surface area contributed by atoms with Gasteiger partial charge in [0.15, 0.2) is 0 Å². The first-order valence-electron chi connectivity index (χ1n) is 7.10. The molecule has 0 unspecified atom stereocenters. The van der Waals surface area contributed by atoms with Crippen LogP contribution in [0.4, 0.5) is 11.4 Å². The van der Waals surface area contributed by atoms with Crippen LogP contribution in [0.3, 0.4) is 0 Å². The molecule has 3 N–H and O–H groups in total. The summed E-state index contributed by atoms with van der Waals surface area (Å²) >= 11 is 0. The Hall–Kier alpha value is -1.88. The molecule has 0 aliphatic heterocycles. The number of carbonyl (C=O) groups excluding carboxylic acids is 2. The van der Waals surface area contributed by atoms with E-state index in [-0.39, 0.29) is 17.4 Å². The Morgan fingerprint density at radius 1 is 1.14 bits per heavy atom. The van der Waals surface area contributed by atoms with Gasteiger partial charge in [0.1, 0.15) is 0 Å². The molecule has 1 aromatic carbocycles. The molecule has 0 aliphatic rings. The number of benzene rings is 1. The van der Waals surface area contributed by atoms with E-state index >= 15 is 0 Å². The Morgan fingerprint density at radius 2 is 1.81 bits per heavy atom. The number of anilines is 2. The van der Waals surface area contributed by atoms with Crippen LogP contribution < -0.4 is 16.0 Å². The SMILES string of the molecule is CC(=O)Nc1ccc(C)c(NC(=O)CCNC(C)(C)C)c1. The van der Waals surface area contributed by atoms with Gasteiger partial charge in [0.25, 0.3) is 0 Å². The van der Waals surface area contributed by atoms with Crippen LogP contribution in [0.25, 0.3) is 0 Å². The quantitative estimate of drug-likeness (QED) is 0.781. The standard InChI is InChI=1S/C16H25N3O2/c1-11-6-7-13(18-12(2)20)10-14(11)19-15(21)8-9-17-16(3,4)5/h6-7,10,17H,8-9H2,1-5H3,(H,18,20)(H,19,21). The van der Waals surface area contributed by atoms with Crippen molar-refractivity contribution in [2.75, 3.05) is 17.2 Å². The van der Waals surface area contributed by atoms with Crippen molar-refractivity contribution in [3.05, 3.63) is 23.8 Å². The molecule has 21 heavy (non-hydrogen) atoms. The van der Waals surface area contributed by atoms with Crippen molar-refractivity contribution in [3.63, 3.8) is 0 Å². The molecule has 0 heterocycles. The number of carbonyl (C=O) groups is 2. The lowest BCUT2D eigenvalue weighted by atomic mass is 10.1. The van der Waals surface area contributed by atoms with Crippen LogP contribution in [0.2, 0.25) is 0 Å². The van der Waals surface area contributed by atoms with Crippen molar-refractivity contribution in [2.24, 2.45) is 0 Å². The van der Waals surface area contributed by atoms with E-state index in [1.807, 2.05) is 19.1 Å². The molecule has 116 valence electrons. The van der Waals surface area contributed by atoms with Gasteiger partial charge in [-0.2, -0.15) is 0 Å². The predicted octanol–water partition coefficient (Wildman–Crippen LogP) is 2.67. The molecule has 0 bridgehead atoms. The third kappa shape index (κ3) is 6.90. The maximum Gasteiger partial charge on any atom is 0.225 e. The van der Waals surface area contributed by atoms with Gasteiger partial charge in [-0.15, -0.1) is 0 Å². The van der Waals surface area contributed by atoms with E-state index in [2.05, 4.69) is 36.7 Å². The average Bonchev–Trinajstić information content (AvgIpc) is 2.31. The van der Waals surface area contributed by atoms with Crippen LogP contribution in [0.1, 0.15) is 39.7 Å². The van der Waals surface area contributed by atoms with E-state index in [0.29, 0.717) is 18.7 Å². The van der Waals surface area contributed by atoms with Crippen molar-refractivity contribution < 1.29 is 9.59 Å². The monoisotopic (exact) mass is 291 g/mol. The van der Waals surface area contributed by atoms with E-state index in [9.17, 15) is 9.59 Å². The highest BCUT2D eigenvalue weighted by Crippen LogP contribution is 2.20. The molecule has 0 saturated heterocycles. The van der Waals surface area contributed by atoms with Crippen LogP contribution >= 0.6 is 0 Å². The second-order valence-corrected chi connectivity index (χ2v) is 6.19. The van der Waals surface area contributed by atoms with Gasteiger partial charge in [0, 0.05) is 36.8 Å². The predicted molar refractivity (Wildman–Crippen MR) is 86.5 cm³/mol. The summed E-state index contributed by atoms with van der Waals surface area (Å²) in [5.74, 6) is -0.180. The maximum absolute atomic E-state index is 11.9. The summed E-state index contributed by atoms with van der Waals surface area (Å²) in [5.41, 5.74) is 2.36. The van der Waals surface area contributed by atoms with Gasteiger partial charge in [-0.3, -0.25) is 9.59 Å². The highest BCUT2D eigenvalue weighted by molar-refractivity contribution is 5.94. The van der Waals surface area contributed by atoms with Gasteiger partial charge in [0.05, 0.1) is 0 Å². The molecule has 0 saturated carbocycles. The number of hydrogen-bond donors (Lipinski definition) is 3. The summed E-state index contributed by atoms with van der Waals surface area (Å²) in [6, 6.07) is 5.45. The zero-order valence-corrected chi connectivity index (χ0v) is 13.5. The molecule has 5 heteroatoms. The maximum atomic E-state index is 11.9. The molecule has 2 amide bonds. The second-order valence-electron chi connectivity index (χ2n) is 6.19. The summed E-state index contributed by atoms with van der Waals surface area (Å²) in [5, 5.41) is 8.86.